The summed E-state index contributed by atoms with van der Waals surface area (Å²) in [6, 6.07) is 7.06. The van der Waals surface area contributed by atoms with Crippen LogP contribution in [0.15, 0.2) is 30.5 Å². The highest BCUT2D eigenvalue weighted by atomic mass is 16.5. The maximum Gasteiger partial charge on any atom is 0.161 e. The maximum atomic E-state index is 10.7. The molecule has 0 spiro atoms. The summed E-state index contributed by atoms with van der Waals surface area (Å²) in [6.07, 6.45) is 3.30. The fourth-order valence-corrected chi connectivity index (χ4v) is 1.79. The van der Waals surface area contributed by atoms with Crippen LogP contribution in [0.4, 0.5) is 0 Å². The number of hydrogen-bond acceptors (Lipinski definition) is 4. The predicted molar refractivity (Wildman–Crippen MR) is 70.8 cm³/mol. The van der Waals surface area contributed by atoms with E-state index in [1.165, 1.54) is 0 Å². The van der Waals surface area contributed by atoms with Crippen LogP contribution >= 0.6 is 0 Å². The van der Waals surface area contributed by atoms with Gasteiger partial charge < -0.3 is 9.47 Å². The van der Waals surface area contributed by atoms with E-state index >= 15 is 0 Å². The number of benzene rings is 1. The van der Waals surface area contributed by atoms with Gasteiger partial charge in [0.1, 0.15) is 6.29 Å². The number of carbonyl (C=O) groups is 1. The molecule has 5 heteroatoms. The Kier molecular flexibility index (Phi) is 4.18. The lowest BCUT2D eigenvalue weighted by molar-refractivity contribution is 0.112. The third-order valence-corrected chi connectivity index (χ3v) is 2.86. The molecule has 0 fully saturated rings. The van der Waals surface area contributed by atoms with Crippen molar-refractivity contribution in [3.05, 3.63) is 41.7 Å². The van der Waals surface area contributed by atoms with Crippen molar-refractivity contribution in [3.63, 3.8) is 0 Å². The van der Waals surface area contributed by atoms with E-state index in [0.29, 0.717) is 23.7 Å². The Bertz CT molecular complexity index is 564. The topological polar surface area (TPSA) is 53.4 Å². The Morgan fingerprint density at radius 3 is 2.79 bits per heavy atom. The molecule has 0 saturated carbocycles. The lowest BCUT2D eigenvalue weighted by Gasteiger charge is -2.11. The van der Waals surface area contributed by atoms with E-state index < -0.39 is 0 Å². The van der Waals surface area contributed by atoms with Gasteiger partial charge in [-0.2, -0.15) is 5.10 Å². The summed E-state index contributed by atoms with van der Waals surface area (Å²) in [5, 5.41) is 4.10. The molecule has 100 valence electrons. The standard InChI is InChI=1S/C14H16N2O3/c1-16-12(5-7-15-16)6-8-19-13-4-3-11(10-17)9-14(13)18-2/h3-5,7,9-10H,6,8H2,1-2H3. The van der Waals surface area contributed by atoms with Crippen molar-refractivity contribution in [1.29, 1.82) is 0 Å². The molecule has 1 heterocycles. The van der Waals surface area contributed by atoms with Crippen molar-refractivity contribution < 1.29 is 14.3 Å². The number of nitrogens with zero attached hydrogens (tertiary/aromatic N) is 2. The number of aromatic nitrogens is 2. The Labute approximate surface area is 111 Å². The first-order valence-corrected chi connectivity index (χ1v) is 5.97. The third kappa shape index (κ3) is 3.13. The van der Waals surface area contributed by atoms with Crippen molar-refractivity contribution in [2.45, 2.75) is 6.42 Å². The number of aldehydes is 1. The quantitative estimate of drug-likeness (QED) is 0.744. The molecular formula is C14H16N2O3. The number of methoxy groups -OCH3 is 1. The molecule has 0 aliphatic carbocycles. The average molecular weight is 260 g/mol. The minimum Gasteiger partial charge on any atom is -0.493 e. The van der Waals surface area contributed by atoms with Crippen molar-refractivity contribution >= 4 is 6.29 Å². The van der Waals surface area contributed by atoms with Gasteiger partial charge in [0.25, 0.3) is 0 Å². The SMILES string of the molecule is COc1cc(C=O)ccc1OCCc1ccnn1C. The monoisotopic (exact) mass is 260 g/mol. The van der Waals surface area contributed by atoms with Gasteiger partial charge in [-0.05, 0) is 24.3 Å². The Morgan fingerprint density at radius 2 is 2.16 bits per heavy atom. The predicted octanol–water partition coefficient (Wildman–Crippen LogP) is 1.86. The zero-order chi connectivity index (χ0) is 13.7. The van der Waals surface area contributed by atoms with E-state index in [-0.39, 0.29) is 0 Å². The molecule has 0 atom stereocenters. The van der Waals surface area contributed by atoms with Crippen LogP contribution in [-0.4, -0.2) is 29.8 Å². The van der Waals surface area contributed by atoms with E-state index in [2.05, 4.69) is 5.10 Å². The molecule has 2 aromatic rings. The fourth-order valence-electron chi connectivity index (χ4n) is 1.79. The molecule has 0 bridgehead atoms. The summed E-state index contributed by atoms with van der Waals surface area (Å²) >= 11 is 0. The molecule has 5 nitrogen and oxygen atoms in total. The van der Waals surface area contributed by atoms with Gasteiger partial charge in [0.2, 0.25) is 0 Å². The molecule has 0 amide bonds. The van der Waals surface area contributed by atoms with Crippen molar-refractivity contribution in [1.82, 2.24) is 9.78 Å². The highest BCUT2D eigenvalue weighted by molar-refractivity contribution is 5.76. The van der Waals surface area contributed by atoms with Crippen LogP contribution in [0.25, 0.3) is 0 Å². The van der Waals surface area contributed by atoms with Gasteiger partial charge in [0.05, 0.1) is 13.7 Å². The first-order valence-electron chi connectivity index (χ1n) is 5.97. The van der Waals surface area contributed by atoms with Crippen LogP contribution in [0, 0.1) is 0 Å². The highest BCUT2D eigenvalue weighted by Gasteiger charge is 2.06. The number of carbonyl (C=O) groups excluding carboxylic acids is 1. The largest absolute Gasteiger partial charge is 0.493 e. The van der Waals surface area contributed by atoms with Crippen molar-refractivity contribution in [3.8, 4) is 11.5 Å². The highest BCUT2D eigenvalue weighted by Crippen LogP contribution is 2.27. The minimum atomic E-state index is 0.524. The first kappa shape index (κ1) is 13.1. The van der Waals surface area contributed by atoms with Crippen molar-refractivity contribution in [2.24, 2.45) is 7.05 Å². The zero-order valence-corrected chi connectivity index (χ0v) is 11.0. The summed E-state index contributed by atoms with van der Waals surface area (Å²) in [7, 11) is 3.45. The summed E-state index contributed by atoms with van der Waals surface area (Å²) in [5.41, 5.74) is 1.67. The summed E-state index contributed by atoms with van der Waals surface area (Å²) in [6.45, 7) is 0.524. The molecule has 2 rings (SSSR count). The second-order valence-corrected chi connectivity index (χ2v) is 4.07. The minimum absolute atomic E-state index is 0.524. The smallest absolute Gasteiger partial charge is 0.161 e. The van der Waals surface area contributed by atoms with Crippen molar-refractivity contribution in [2.75, 3.05) is 13.7 Å². The van der Waals surface area contributed by atoms with Crippen LogP contribution in [0.3, 0.4) is 0 Å². The number of rotatable bonds is 6. The van der Waals surface area contributed by atoms with Crippen LogP contribution in [-0.2, 0) is 13.5 Å². The summed E-state index contributed by atoms with van der Waals surface area (Å²) in [4.78, 5) is 10.7. The van der Waals surface area contributed by atoms with E-state index in [0.717, 1.165) is 18.4 Å². The van der Waals surface area contributed by atoms with Gasteiger partial charge in [0, 0.05) is 30.9 Å². The molecule has 0 aliphatic heterocycles. The van der Waals surface area contributed by atoms with Gasteiger partial charge in [-0.1, -0.05) is 0 Å². The van der Waals surface area contributed by atoms with Crippen LogP contribution in [0.2, 0.25) is 0 Å². The normalized spacial score (nSPS) is 10.2. The van der Waals surface area contributed by atoms with Gasteiger partial charge in [-0.3, -0.25) is 9.48 Å². The zero-order valence-electron chi connectivity index (χ0n) is 11.0. The number of hydrogen-bond donors (Lipinski definition) is 0. The van der Waals surface area contributed by atoms with Crippen LogP contribution in [0.5, 0.6) is 11.5 Å². The van der Waals surface area contributed by atoms with Crippen LogP contribution in [0.1, 0.15) is 16.1 Å². The number of ether oxygens (including phenoxy) is 2. The van der Waals surface area contributed by atoms with Gasteiger partial charge in [-0.25, -0.2) is 0 Å². The Balaban J connectivity index is 1.99. The molecule has 0 unspecified atom stereocenters. The van der Waals surface area contributed by atoms with E-state index in [1.807, 2.05) is 17.8 Å². The summed E-state index contributed by atoms with van der Waals surface area (Å²) in [5.74, 6) is 1.20. The van der Waals surface area contributed by atoms with Gasteiger partial charge in [-0.15, -0.1) is 0 Å². The second kappa shape index (κ2) is 6.04. The molecule has 1 aromatic heterocycles. The van der Waals surface area contributed by atoms with Crippen LogP contribution < -0.4 is 9.47 Å². The summed E-state index contributed by atoms with van der Waals surface area (Å²) < 4.78 is 12.7. The Morgan fingerprint density at radius 1 is 1.32 bits per heavy atom. The van der Waals surface area contributed by atoms with Gasteiger partial charge in [0.15, 0.2) is 11.5 Å². The maximum absolute atomic E-state index is 10.7. The molecule has 0 saturated heterocycles. The first-order chi connectivity index (χ1) is 9.24. The number of aryl methyl sites for hydroxylation is 1. The average Bonchev–Trinajstić information content (AvgIpc) is 2.84. The molecule has 1 aromatic carbocycles. The molecule has 0 aliphatic rings. The lowest BCUT2D eigenvalue weighted by atomic mass is 10.2. The van der Waals surface area contributed by atoms with E-state index in [1.54, 1.807) is 31.5 Å². The Hall–Kier alpha value is -2.30. The van der Waals surface area contributed by atoms with E-state index in [9.17, 15) is 4.79 Å². The van der Waals surface area contributed by atoms with E-state index in [4.69, 9.17) is 9.47 Å². The molecular weight excluding hydrogens is 244 g/mol. The third-order valence-electron chi connectivity index (χ3n) is 2.86. The molecule has 0 radical (unpaired) electrons. The molecule has 19 heavy (non-hydrogen) atoms. The molecule has 0 N–H and O–H groups in total. The second-order valence-electron chi connectivity index (χ2n) is 4.07. The van der Waals surface area contributed by atoms with Gasteiger partial charge >= 0.3 is 0 Å². The fraction of sp³-hybridized carbons (Fsp3) is 0.286. The lowest BCUT2D eigenvalue weighted by Crippen LogP contribution is -2.06.